The van der Waals surface area contributed by atoms with Gasteiger partial charge in [0.2, 0.25) is 0 Å². The Balaban J connectivity index is 1.41. The fourth-order valence-corrected chi connectivity index (χ4v) is 6.91. The van der Waals surface area contributed by atoms with E-state index in [1.165, 1.54) is 60.5 Å². The number of benzene rings is 1. The average Bonchev–Trinajstić information content (AvgIpc) is 3.17. The van der Waals surface area contributed by atoms with Crippen LogP contribution >= 0.6 is 0 Å². The minimum absolute atomic E-state index is 0.303. The predicted molar refractivity (Wildman–Crippen MR) is 114 cm³/mol. The van der Waals surface area contributed by atoms with Crippen molar-refractivity contribution >= 4 is 16.9 Å². The lowest BCUT2D eigenvalue weighted by atomic mass is 9.62. The minimum atomic E-state index is -0.817. The van der Waals surface area contributed by atoms with Crippen molar-refractivity contribution in [1.29, 1.82) is 0 Å². The summed E-state index contributed by atoms with van der Waals surface area (Å²) >= 11 is 0. The third-order valence-corrected chi connectivity index (χ3v) is 8.33. The fraction of sp³-hybridized carbons (Fsp3) is 0.560. The number of allylic oxidation sites excluding steroid dienone is 1. The van der Waals surface area contributed by atoms with Gasteiger partial charge in [-0.05, 0) is 80.2 Å². The van der Waals surface area contributed by atoms with Gasteiger partial charge in [0, 0.05) is 35.3 Å². The Bertz CT molecular complexity index is 995. The number of para-hydroxylation sites is 1. The largest absolute Gasteiger partial charge is 0.478 e. The first-order valence-electron chi connectivity index (χ1n) is 11.3. The molecule has 29 heavy (non-hydrogen) atoms. The summed E-state index contributed by atoms with van der Waals surface area (Å²) in [7, 11) is 0. The molecule has 3 unspecified atom stereocenters. The van der Waals surface area contributed by atoms with Gasteiger partial charge < -0.3 is 10.1 Å². The molecule has 4 aliphatic carbocycles. The van der Waals surface area contributed by atoms with E-state index < -0.39 is 5.97 Å². The first kappa shape index (κ1) is 17.8. The molecule has 152 valence electrons. The van der Waals surface area contributed by atoms with Crippen LogP contribution in [0.2, 0.25) is 0 Å². The Morgan fingerprint density at radius 3 is 2.83 bits per heavy atom. The Labute approximate surface area is 172 Å². The monoisotopic (exact) mass is 390 g/mol. The van der Waals surface area contributed by atoms with E-state index in [4.69, 9.17) is 5.11 Å². The maximum Gasteiger partial charge on any atom is 0.327 e. The molecular weight excluding hydrogens is 360 g/mol. The van der Waals surface area contributed by atoms with Crippen LogP contribution in [0, 0.1) is 23.2 Å². The molecule has 7 rings (SSSR count). The third-order valence-electron chi connectivity index (χ3n) is 8.33. The van der Waals surface area contributed by atoms with Gasteiger partial charge in [0.15, 0.2) is 0 Å². The Morgan fingerprint density at radius 1 is 1.28 bits per heavy atom. The number of nitrogens with zero attached hydrogens (tertiary/aromatic N) is 1. The molecule has 4 fully saturated rings. The molecule has 1 aromatic heterocycles. The lowest BCUT2D eigenvalue weighted by Crippen LogP contribution is -2.51. The van der Waals surface area contributed by atoms with Gasteiger partial charge >= 0.3 is 5.97 Å². The third kappa shape index (κ3) is 2.72. The number of carbonyl (C=O) groups is 1. The highest BCUT2D eigenvalue weighted by Crippen LogP contribution is 2.69. The quantitative estimate of drug-likeness (QED) is 0.712. The molecule has 1 aliphatic heterocycles. The molecule has 4 saturated carbocycles. The highest BCUT2D eigenvalue weighted by molar-refractivity contribution is 5.85. The molecule has 4 nitrogen and oxygen atoms in total. The summed E-state index contributed by atoms with van der Waals surface area (Å²) < 4.78 is 0. The first-order valence-corrected chi connectivity index (χ1v) is 11.3. The molecule has 2 bridgehead atoms. The number of rotatable bonds is 5. The van der Waals surface area contributed by atoms with E-state index >= 15 is 0 Å². The fourth-order valence-electron chi connectivity index (χ4n) is 6.91. The van der Waals surface area contributed by atoms with Gasteiger partial charge in [-0.25, -0.2) is 4.79 Å². The van der Waals surface area contributed by atoms with Crippen LogP contribution in [0.4, 0.5) is 0 Å². The van der Waals surface area contributed by atoms with Crippen LogP contribution in [-0.2, 0) is 11.2 Å². The summed E-state index contributed by atoms with van der Waals surface area (Å²) in [4.78, 5) is 17.7. The number of hydrogen-bond donors (Lipinski definition) is 2. The standard InChI is InChI=1S/C25H30N2O2/c1-15-10-20-19-4-2-3-5-21(19)26-23(20)24(27(15)14-16-6-7-16)25-11-17(8-9-22(28)29)18(12-25)13-25/h2-5,8-9,15-18,24,26H,6-7,10-14H2,1H3,(H,28,29)/b9-8+. The lowest BCUT2D eigenvalue weighted by molar-refractivity contribution is -0.131. The topological polar surface area (TPSA) is 56.3 Å². The number of aromatic amines is 1. The van der Waals surface area contributed by atoms with E-state index in [0.717, 1.165) is 18.8 Å². The van der Waals surface area contributed by atoms with E-state index in [0.29, 0.717) is 29.3 Å². The lowest BCUT2D eigenvalue weighted by Gasteiger charge is -2.53. The van der Waals surface area contributed by atoms with Crippen molar-refractivity contribution in [3.8, 4) is 0 Å². The first-order chi connectivity index (χ1) is 14.0. The molecule has 0 amide bonds. The van der Waals surface area contributed by atoms with Crippen LogP contribution in [0.15, 0.2) is 36.4 Å². The maximum absolute atomic E-state index is 11.0. The van der Waals surface area contributed by atoms with Crippen LogP contribution < -0.4 is 0 Å². The molecule has 5 aliphatic rings. The molecule has 4 heteroatoms. The van der Waals surface area contributed by atoms with Crippen LogP contribution in [0.3, 0.4) is 0 Å². The van der Waals surface area contributed by atoms with E-state index in [9.17, 15) is 4.79 Å². The number of H-pyrrole nitrogens is 1. The summed E-state index contributed by atoms with van der Waals surface area (Å²) in [6.07, 6.45) is 10.9. The molecule has 2 N–H and O–H groups in total. The van der Waals surface area contributed by atoms with Crippen LogP contribution in [0.1, 0.15) is 56.3 Å². The summed E-state index contributed by atoms with van der Waals surface area (Å²) in [5, 5.41) is 10.5. The number of aromatic nitrogens is 1. The second kappa shape index (κ2) is 6.21. The van der Waals surface area contributed by atoms with Gasteiger partial charge in [-0.2, -0.15) is 0 Å². The van der Waals surface area contributed by atoms with E-state index in [1.807, 2.05) is 6.08 Å². The van der Waals surface area contributed by atoms with Crippen molar-refractivity contribution in [3.63, 3.8) is 0 Å². The van der Waals surface area contributed by atoms with Crippen molar-refractivity contribution in [2.75, 3.05) is 6.54 Å². The molecule has 0 spiro atoms. The highest BCUT2D eigenvalue weighted by Gasteiger charge is 2.62. The number of carboxylic acid groups (broad SMARTS) is 1. The number of hydrogen-bond acceptors (Lipinski definition) is 2. The molecule has 2 aromatic rings. The maximum atomic E-state index is 11.0. The van der Waals surface area contributed by atoms with Gasteiger partial charge in [0.1, 0.15) is 0 Å². The number of carboxylic acids is 1. The Hall–Kier alpha value is -2.07. The molecule has 0 radical (unpaired) electrons. The van der Waals surface area contributed by atoms with Crippen molar-refractivity contribution in [3.05, 3.63) is 47.7 Å². The van der Waals surface area contributed by atoms with Gasteiger partial charge in [0.25, 0.3) is 0 Å². The Morgan fingerprint density at radius 2 is 2.07 bits per heavy atom. The van der Waals surface area contributed by atoms with Gasteiger partial charge in [-0.3, -0.25) is 4.90 Å². The second-order valence-corrected chi connectivity index (χ2v) is 10.3. The van der Waals surface area contributed by atoms with Gasteiger partial charge in [-0.15, -0.1) is 0 Å². The molecule has 3 atom stereocenters. The van der Waals surface area contributed by atoms with E-state index in [2.05, 4.69) is 41.1 Å². The number of aliphatic carboxylic acids is 1. The van der Waals surface area contributed by atoms with Crippen LogP contribution in [0.5, 0.6) is 0 Å². The summed E-state index contributed by atoms with van der Waals surface area (Å²) in [5.74, 6) is 1.15. The Kier molecular flexibility index (Phi) is 3.80. The summed E-state index contributed by atoms with van der Waals surface area (Å²) in [5.41, 5.74) is 4.58. The van der Waals surface area contributed by atoms with Crippen molar-refractivity contribution in [2.24, 2.45) is 23.2 Å². The highest BCUT2D eigenvalue weighted by atomic mass is 16.4. The SMILES string of the molecule is CC1Cc2c([nH]c3ccccc23)C(C23CC(/C=C/C(=O)O)C(C2)C3)N1CC1CC1. The zero-order valence-electron chi connectivity index (χ0n) is 17.1. The van der Waals surface area contributed by atoms with Crippen molar-refractivity contribution in [1.82, 2.24) is 9.88 Å². The smallest absolute Gasteiger partial charge is 0.327 e. The van der Waals surface area contributed by atoms with Crippen LogP contribution in [0.25, 0.3) is 10.9 Å². The van der Waals surface area contributed by atoms with Gasteiger partial charge in [-0.1, -0.05) is 24.3 Å². The summed E-state index contributed by atoms with van der Waals surface area (Å²) in [6, 6.07) is 9.80. The zero-order valence-corrected chi connectivity index (χ0v) is 17.1. The average molecular weight is 391 g/mol. The molecule has 0 saturated heterocycles. The van der Waals surface area contributed by atoms with Gasteiger partial charge in [0.05, 0.1) is 6.04 Å². The van der Waals surface area contributed by atoms with E-state index in [1.54, 1.807) is 0 Å². The normalized spacial score (nSPS) is 36.4. The zero-order chi connectivity index (χ0) is 19.8. The van der Waals surface area contributed by atoms with Crippen molar-refractivity contribution in [2.45, 2.75) is 57.5 Å². The van der Waals surface area contributed by atoms with Crippen LogP contribution in [-0.4, -0.2) is 33.5 Å². The minimum Gasteiger partial charge on any atom is -0.478 e. The predicted octanol–water partition coefficient (Wildman–Crippen LogP) is 4.92. The molecule has 1 aromatic carbocycles. The van der Waals surface area contributed by atoms with E-state index in [-0.39, 0.29) is 0 Å². The van der Waals surface area contributed by atoms with Crippen molar-refractivity contribution < 1.29 is 9.90 Å². The number of fused-ring (bicyclic) bond motifs is 4. The summed E-state index contributed by atoms with van der Waals surface area (Å²) in [6.45, 7) is 3.65. The second-order valence-electron chi connectivity index (χ2n) is 10.3. The molecular formula is C25H30N2O2. The number of nitrogens with one attached hydrogen (secondary N) is 1. The molecule has 2 heterocycles.